The Balaban J connectivity index is 1.62. The van der Waals surface area contributed by atoms with E-state index in [1.807, 2.05) is 13.8 Å². The van der Waals surface area contributed by atoms with E-state index >= 15 is 0 Å². The molecule has 2 aliphatic heterocycles. The van der Waals surface area contributed by atoms with Crippen molar-refractivity contribution in [1.82, 2.24) is 4.90 Å². The largest absolute Gasteiger partial charge is 0.493 e. The predicted molar refractivity (Wildman–Crippen MR) is 80.2 cm³/mol. The highest BCUT2D eigenvalue weighted by molar-refractivity contribution is 5.39. The molecule has 0 saturated carbocycles. The number of likely N-dealkylation sites (tertiary alicyclic amines) is 1. The molecule has 0 spiro atoms. The minimum Gasteiger partial charge on any atom is -0.493 e. The van der Waals surface area contributed by atoms with E-state index in [1.165, 1.54) is 17.5 Å². The average Bonchev–Trinajstić information content (AvgIpc) is 3.03. The summed E-state index contributed by atoms with van der Waals surface area (Å²) in [5.41, 5.74) is 2.14. The molecule has 1 aromatic rings. The fourth-order valence-electron chi connectivity index (χ4n) is 3.56. The second-order valence-electron chi connectivity index (χ2n) is 6.64. The van der Waals surface area contributed by atoms with Crippen LogP contribution in [0.25, 0.3) is 0 Å². The second-order valence-corrected chi connectivity index (χ2v) is 6.64. The third-order valence-electron chi connectivity index (χ3n) is 4.62. The molecule has 3 rings (SSSR count). The van der Waals surface area contributed by atoms with E-state index in [-0.39, 0.29) is 0 Å². The Bertz CT molecular complexity index is 478. The van der Waals surface area contributed by atoms with Crippen LogP contribution in [0.15, 0.2) is 18.2 Å². The SMILES string of the molecule is CC(C)(O)[C@@H]1CCCN1CCc1ccc2c(c1)CCO2. The van der Waals surface area contributed by atoms with Gasteiger partial charge in [-0.2, -0.15) is 0 Å². The van der Waals surface area contributed by atoms with Crippen LogP contribution in [0.1, 0.15) is 37.8 Å². The van der Waals surface area contributed by atoms with E-state index in [4.69, 9.17) is 4.74 Å². The monoisotopic (exact) mass is 275 g/mol. The lowest BCUT2D eigenvalue weighted by Gasteiger charge is -2.33. The number of benzene rings is 1. The summed E-state index contributed by atoms with van der Waals surface area (Å²) in [6, 6.07) is 6.88. The number of ether oxygens (including phenoxy) is 1. The Morgan fingerprint density at radius 2 is 2.25 bits per heavy atom. The van der Waals surface area contributed by atoms with E-state index in [9.17, 15) is 5.11 Å². The number of hydrogen-bond acceptors (Lipinski definition) is 3. The van der Waals surface area contributed by atoms with Crippen LogP contribution in [0.4, 0.5) is 0 Å². The minimum absolute atomic E-state index is 0.306. The van der Waals surface area contributed by atoms with Crippen molar-refractivity contribution in [2.45, 2.75) is 51.2 Å². The summed E-state index contributed by atoms with van der Waals surface area (Å²) in [7, 11) is 0. The zero-order valence-corrected chi connectivity index (χ0v) is 12.6. The van der Waals surface area contributed by atoms with Crippen molar-refractivity contribution in [1.29, 1.82) is 0 Å². The molecule has 0 bridgehead atoms. The van der Waals surface area contributed by atoms with Crippen molar-refractivity contribution in [3.63, 3.8) is 0 Å². The lowest BCUT2D eigenvalue weighted by atomic mass is 9.96. The van der Waals surface area contributed by atoms with Crippen molar-refractivity contribution in [2.24, 2.45) is 0 Å². The number of hydrogen-bond donors (Lipinski definition) is 1. The Kier molecular flexibility index (Phi) is 3.74. The first kappa shape index (κ1) is 13.9. The van der Waals surface area contributed by atoms with Crippen LogP contribution in [-0.4, -0.2) is 41.3 Å². The van der Waals surface area contributed by atoms with Crippen molar-refractivity contribution < 1.29 is 9.84 Å². The van der Waals surface area contributed by atoms with Crippen molar-refractivity contribution >= 4 is 0 Å². The molecule has 0 unspecified atom stereocenters. The molecule has 2 aliphatic rings. The lowest BCUT2D eigenvalue weighted by Crippen LogP contribution is -2.46. The van der Waals surface area contributed by atoms with Gasteiger partial charge in [0.2, 0.25) is 0 Å². The number of aliphatic hydroxyl groups is 1. The van der Waals surface area contributed by atoms with E-state index in [0.717, 1.165) is 44.7 Å². The van der Waals surface area contributed by atoms with Crippen molar-refractivity contribution in [3.8, 4) is 5.75 Å². The molecule has 3 heteroatoms. The van der Waals surface area contributed by atoms with Gasteiger partial charge in [0.15, 0.2) is 0 Å². The van der Waals surface area contributed by atoms with Crippen LogP contribution in [-0.2, 0) is 12.8 Å². The summed E-state index contributed by atoms with van der Waals surface area (Å²) in [5.74, 6) is 1.06. The zero-order chi connectivity index (χ0) is 14.2. The average molecular weight is 275 g/mol. The third kappa shape index (κ3) is 2.84. The fourth-order valence-corrected chi connectivity index (χ4v) is 3.56. The molecular formula is C17H25NO2. The summed E-state index contributed by atoms with van der Waals surface area (Å²) in [4.78, 5) is 2.45. The van der Waals surface area contributed by atoms with Gasteiger partial charge in [0, 0.05) is 19.0 Å². The van der Waals surface area contributed by atoms with E-state index in [0.29, 0.717) is 6.04 Å². The highest BCUT2D eigenvalue weighted by Crippen LogP contribution is 2.28. The highest BCUT2D eigenvalue weighted by atomic mass is 16.5. The molecule has 20 heavy (non-hydrogen) atoms. The van der Waals surface area contributed by atoms with Crippen LogP contribution in [0, 0.1) is 0 Å². The van der Waals surface area contributed by atoms with Gasteiger partial charge < -0.3 is 9.84 Å². The molecule has 0 amide bonds. The van der Waals surface area contributed by atoms with Gasteiger partial charge in [0.25, 0.3) is 0 Å². The molecule has 110 valence electrons. The summed E-state index contributed by atoms with van der Waals surface area (Å²) >= 11 is 0. The van der Waals surface area contributed by atoms with Crippen molar-refractivity contribution in [2.75, 3.05) is 19.7 Å². The first-order valence-corrected chi connectivity index (χ1v) is 7.75. The first-order chi connectivity index (χ1) is 9.54. The third-order valence-corrected chi connectivity index (χ3v) is 4.62. The van der Waals surface area contributed by atoms with E-state index in [2.05, 4.69) is 23.1 Å². The maximum Gasteiger partial charge on any atom is 0.122 e. The normalized spacial score (nSPS) is 22.9. The van der Waals surface area contributed by atoms with Gasteiger partial charge in [-0.05, 0) is 56.8 Å². The van der Waals surface area contributed by atoms with E-state index in [1.54, 1.807) is 0 Å². The van der Waals surface area contributed by atoms with Gasteiger partial charge in [-0.15, -0.1) is 0 Å². The summed E-state index contributed by atoms with van der Waals surface area (Å²) in [6.45, 7) is 6.84. The Morgan fingerprint density at radius 1 is 1.40 bits per heavy atom. The highest BCUT2D eigenvalue weighted by Gasteiger charge is 2.35. The van der Waals surface area contributed by atoms with Gasteiger partial charge in [0.1, 0.15) is 5.75 Å². The predicted octanol–water partition coefficient (Wildman–Crippen LogP) is 2.40. The standard InChI is InChI=1S/C17H25NO2/c1-17(2,19)16-4-3-9-18(16)10-7-13-5-6-15-14(12-13)8-11-20-15/h5-6,12,16,19H,3-4,7-11H2,1-2H3/t16-/m0/s1. The van der Waals surface area contributed by atoms with Gasteiger partial charge >= 0.3 is 0 Å². The minimum atomic E-state index is -0.595. The van der Waals surface area contributed by atoms with Crippen molar-refractivity contribution in [3.05, 3.63) is 29.3 Å². The number of nitrogens with zero attached hydrogens (tertiary/aromatic N) is 1. The molecular weight excluding hydrogens is 250 g/mol. The van der Waals surface area contributed by atoms with Crippen LogP contribution in [0.2, 0.25) is 0 Å². The molecule has 1 fully saturated rings. The Hall–Kier alpha value is -1.06. The molecule has 0 radical (unpaired) electrons. The quantitative estimate of drug-likeness (QED) is 0.916. The second kappa shape index (κ2) is 5.38. The number of rotatable bonds is 4. The van der Waals surface area contributed by atoms with Gasteiger partial charge in [-0.3, -0.25) is 4.90 Å². The first-order valence-electron chi connectivity index (χ1n) is 7.75. The molecule has 2 heterocycles. The summed E-state index contributed by atoms with van der Waals surface area (Å²) in [5, 5.41) is 10.3. The van der Waals surface area contributed by atoms with Gasteiger partial charge in [-0.1, -0.05) is 12.1 Å². The van der Waals surface area contributed by atoms with Gasteiger partial charge in [0.05, 0.1) is 12.2 Å². The van der Waals surface area contributed by atoms with Crippen LogP contribution >= 0.6 is 0 Å². The maximum atomic E-state index is 10.3. The Morgan fingerprint density at radius 3 is 3.05 bits per heavy atom. The van der Waals surface area contributed by atoms with Gasteiger partial charge in [-0.25, -0.2) is 0 Å². The topological polar surface area (TPSA) is 32.7 Å². The number of fused-ring (bicyclic) bond motifs is 1. The zero-order valence-electron chi connectivity index (χ0n) is 12.6. The van der Waals surface area contributed by atoms with E-state index < -0.39 is 5.60 Å². The maximum absolute atomic E-state index is 10.3. The van der Waals surface area contributed by atoms with Crippen LogP contribution < -0.4 is 4.74 Å². The molecule has 1 saturated heterocycles. The fraction of sp³-hybridized carbons (Fsp3) is 0.647. The summed E-state index contributed by atoms with van der Waals surface area (Å²) < 4.78 is 5.55. The lowest BCUT2D eigenvalue weighted by molar-refractivity contribution is -0.00196. The molecule has 0 aromatic heterocycles. The van der Waals surface area contributed by atoms with Crippen LogP contribution in [0.3, 0.4) is 0 Å². The molecule has 1 atom stereocenters. The Labute approximate surface area is 121 Å². The molecule has 0 aliphatic carbocycles. The smallest absolute Gasteiger partial charge is 0.122 e. The molecule has 1 N–H and O–H groups in total. The van der Waals surface area contributed by atoms with Crippen LogP contribution in [0.5, 0.6) is 5.75 Å². The molecule has 1 aromatic carbocycles. The molecule has 3 nitrogen and oxygen atoms in total. The summed E-state index contributed by atoms with van der Waals surface area (Å²) in [6.07, 6.45) is 4.41.